The molecule has 3 N–H and O–H groups in total. The Morgan fingerprint density at radius 2 is 1.29 bits per heavy atom. The normalized spacial score (nSPS) is 11.1. The van der Waals surface area contributed by atoms with Gasteiger partial charge in [0, 0.05) is 17.5 Å². The number of aryl methyl sites for hydroxylation is 2. The van der Waals surface area contributed by atoms with Crippen LogP contribution in [0.25, 0.3) is 0 Å². The predicted molar refractivity (Wildman–Crippen MR) is 132 cm³/mol. The maximum atomic E-state index is 12.0. The lowest BCUT2D eigenvalue weighted by atomic mass is 9.90. The van der Waals surface area contributed by atoms with E-state index < -0.39 is 5.97 Å². The van der Waals surface area contributed by atoms with Crippen molar-refractivity contribution in [3.63, 3.8) is 0 Å². The lowest BCUT2D eigenvalue weighted by Gasteiger charge is -2.17. The maximum Gasteiger partial charge on any atom is 0.303 e. The van der Waals surface area contributed by atoms with Gasteiger partial charge in [0.2, 0.25) is 0 Å². The highest BCUT2D eigenvalue weighted by Crippen LogP contribution is 2.23. The van der Waals surface area contributed by atoms with Crippen molar-refractivity contribution >= 4 is 11.8 Å². The molecule has 178 valence electrons. The molecule has 0 unspecified atom stereocenters. The summed E-state index contributed by atoms with van der Waals surface area (Å²) in [6, 6.07) is 2.05. The molecule has 0 fully saturated rings. The number of carbonyl (C=O) groups is 2. The van der Waals surface area contributed by atoms with Gasteiger partial charge in [-0.05, 0) is 70.2 Å². The van der Waals surface area contributed by atoms with E-state index in [1.54, 1.807) is 0 Å². The molecular formula is C27H47NO3. The van der Waals surface area contributed by atoms with Crippen molar-refractivity contribution in [1.82, 2.24) is 0 Å². The Morgan fingerprint density at radius 3 is 1.71 bits per heavy atom. The number of unbranched alkanes of at least 4 members (excludes halogenated alkanes) is 7. The first-order valence-electron chi connectivity index (χ1n) is 12.0. The van der Waals surface area contributed by atoms with Crippen LogP contribution < -0.4 is 5.73 Å². The Bertz CT molecular complexity index is 660. The third-order valence-corrected chi connectivity index (χ3v) is 5.89. The molecule has 4 heteroatoms. The third-order valence-electron chi connectivity index (χ3n) is 5.89. The van der Waals surface area contributed by atoms with Gasteiger partial charge in [-0.3, -0.25) is 9.59 Å². The smallest absolute Gasteiger partial charge is 0.303 e. The number of hydrogen-bond donors (Lipinski definition) is 2. The Balaban J connectivity index is 0.000000594. The Hall–Kier alpha value is -1.68. The molecule has 0 spiro atoms. The Morgan fingerprint density at radius 1 is 0.839 bits per heavy atom. The quantitative estimate of drug-likeness (QED) is 0.254. The van der Waals surface area contributed by atoms with E-state index in [1.165, 1.54) is 57.8 Å². The summed E-state index contributed by atoms with van der Waals surface area (Å²) in [7, 11) is 0. The second kappa shape index (κ2) is 15.2. The molecule has 0 radical (unpaired) electrons. The van der Waals surface area contributed by atoms with E-state index >= 15 is 0 Å². The van der Waals surface area contributed by atoms with Gasteiger partial charge >= 0.3 is 5.97 Å². The van der Waals surface area contributed by atoms with Crippen molar-refractivity contribution in [2.75, 3.05) is 0 Å². The summed E-state index contributed by atoms with van der Waals surface area (Å²) < 4.78 is 0. The summed E-state index contributed by atoms with van der Waals surface area (Å²) in [6.07, 6.45) is 12.2. The first-order valence-corrected chi connectivity index (χ1v) is 12.0. The topological polar surface area (TPSA) is 80.4 Å². The van der Waals surface area contributed by atoms with Gasteiger partial charge in [0.1, 0.15) is 0 Å². The number of carbonyl (C=O) groups excluding carboxylic acids is 1. The number of aliphatic carboxylic acids is 1. The molecule has 0 saturated carbocycles. The first-order chi connectivity index (χ1) is 14.4. The number of benzene rings is 1. The van der Waals surface area contributed by atoms with Crippen LogP contribution in [0.1, 0.15) is 124 Å². The highest BCUT2D eigenvalue weighted by atomic mass is 16.4. The summed E-state index contributed by atoms with van der Waals surface area (Å²) >= 11 is 0. The van der Waals surface area contributed by atoms with E-state index in [0.29, 0.717) is 5.56 Å². The number of nitrogens with two attached hydrogens (primary N) is 1. The number of carboxylic acids is 1. The molecule has 1 aromatic carbocycles. The minimum Gasteiger partial charge on any atom is -0.481 e. The van der Waals surface area contributed by atoms with Gasteiger partial charge in [-0.15, -0.1) is 0 Å². The molecule has 1 aromatic rings. The van der Waals surface area contributed by atoms with E-state index in [0.717, 1.165) is 22.3 Å². The third kappa shape index (κ3) is 13.4. The van der Waals surface area contributed by atoms with E-state index in [2.05, 4.69) is 26.8 Å². The van der Waals surface area contributed by atoms with Crippen molar-refractivity contribution in [3.8, 4) is 0 Å². The van der Waals surface area contributed by atoms with Gasteiger partial charge in [-0.25, -0.2) is 0 Å². The molecule has 0 aliphatic rings. The molecule has 0 aliphatic heterocycles. The van der Waals surface area contributed by atoms with Crippen LogP contribution in [-0.2, 0) is 4.79 Å². The standard InChI is InChI=1S/C14H18O3.C13H29N/c1-8-7-9(2)11(4)14(10(8)3)12(15)5-6-13(16)17;1-4-5-6-7-8-9-10-11-12-13(2,3)14/h7H,5-6H2,1-4H3,(H,16,17);4-12,14H2,1-3H3. The van der Waals surface area contributed by atoms with Gasteiger partial charge < -0.3 is 10.8 Å². The summed E-state index contributed by atoms with van der Waals surface area (Å²) in [5.74, 6) is -1.01. The second-order valence-electron chi connectivity index (χ2n) is 9.67. The second-order valence-corrected chi connectivity index (χ2v) is 9.67. The summed E-state index contributed by atoms with van der Waals surface area (Å²) in [4.78, 5) is 22.5. The molecule has 0 atom stereocenters. The zero-order chi connectivity index (χ0) is 24.0. The molecule has 31 heavy (non-hydrogen) atoms. The monoisotopic (exact) mass is 433 g/mol. The Kier molecular flexibility index (Phi) is 14.4. The highest BCUT2D eigenvalue weighted by molar-refractivity contribution is 6.00. The SMILES string of the molecule is CCCCCCCCCCC(C)(C)N.Cc1cc(C)c(C)c(C(=O)CCC(=O)O)c1C. The fourth-order valence-electron chi connectivity index (χ4n) is 3.70. The van der Waals surface area contributed by atoms with Crippen LogP contribution in [0.4, 0.5) is 0 Å². The molecule has 0 amide bonds. The van der Waals surface area contributed by atoms with Gasteiger partial charge in [-0.1, -0.05) is 64.4 Å². The average Bonchev–Trinajstić information content (AvgIpc) is 2.67. The summed E-state index contributed by atoms with van der Waals surface area (Å²) in [5.41, 5.74) is 10.7. The molecule has 0 aromatic heterocycles. The molecule has 0 heterocycles. The number of Topliss-reactive ketones (excluding diaryl/α,β-unsaturated/α-hetero) is 1. The number of rotatable bonds is 13. The fraction of sp³-hybridized carbons (Fsp3) is 0.704. The first kappa shape index (κ1) is 29.3. The zero-order valence-corrected chi connectivity index (χ0v) is 21.2. The van der Waals surface area contributed by atoms with Crippen molar-refractivity contribution < 1.29 is 14.7 Å². The Labute approximate surface area is 191 Å². The maximum absolute atomic E-state index is 12.0. The molecule has 0 aliphatic carbocycles. The molecular weight excluding hydrogens is 386 g/mol. The highest BCUT2D eigenvalue weighted by Gasteiger charge is 2.16. The molecule has 0 bridgehead atoms. The zero-order valence-electron chi connectivity index (χ0n) is 21.2. The largest absolute Gasteiger partial charge is 0.481 e. The summed E-state index contributed by atoms with van der Waals surface area (Å²) in [5, 5.41) is 8.60. The van der Waals surface area contributed by atoms with E-state index in [1.807, 2.05) is 27.7 Å². The van der Waals surface area contributed by atoms with Crippen molar-refractivity contribution in [2.24, 2.45) is 5.73 Å². The number of carboxylic acid groups (broad SMARTS) is 1. The van der Waals surface area contributed by atoms with Crippen LogP contribution in [0, 0.1) is 27.7 Å². The van der Waals surface area contributed by atoms with Crippen molar-refractivity contribution in [1.29, 1.82) is 0 Å². The van der Waals surface area contributed by atoms with E-state index in [9.17, 15) is 9.59 Å². The van der Waals surface area contributed by atoms with Crippen molar-refractivity contribution in [2.45, 2.75) is 125 Å². The molecule has 4 nitrogen and oxygen atoms in total. The number of ketones is 1. The lowest BCUT2D eigenvalue weighted by Crippen LogP contribution is -2.31. The number of hydrogen-bond acceptors (Lipinski definition) is 3. The predicted octanol–water partition coefficient (Wildman–Crippen LogP) is 7.22. The van der Waals surface area contributed by atoms with Crippen LogP contribution in [0.3, 0.4) is 0 Å². The van der Waals surface area contributed by atoms with Crippen LogP contribution in [0.15, 0.2) is 6.07 Å². The van der Waals surface area contributed by atoms with Crippen LogP contribution >= 0.6 is 0 Å². The van der Waals surface area contributed by atoms with Gasteiger partial charge in [-0.2, -0.15) is 0 Å². The lowest BCUT2D eigenvalue weighted by molar-refractivity contribution is -0.136. The molecule has 1 rings (SSSR count). The van der Waals surface area contributed by atoms with E-state index in [4.69, 9.17) is 10.8 Å². The van der Waals surface area contributed by atoms with Crippen molar-refractivity contribution in [3.05, 3.63) is 33.9 Å². The van der Waals surface area contributed by atoms with Gasteiger partial charge in [0.15, 0.2) is 5.78 Å². The van der Waals surface area contributed by atoms with Crippen LogP contribution in [0.5, 0.6) is 0 Å². The fourth-order valence-corrected chi connectivity index (χ4v) is 3.70. The average molecular weight is 434 g/mol. The summed E-state index contributed by atoms with van der Waals surface area (Å²) in [6.45, 7) is 14.3. The van der Waals surface area contributed by atoms with E-state index in [-0.39, 0.29) is 24.2 Å². The van der Waals surface area contributed by atoms with Crippen LogP contribution in [0.2, 0.25) is 0 Å². The minimum absolute atomic E-state index is 0.0439. The van der Waals surface area contributed by atoms with Crippen LogP contribution in [-0.4, -0.2) is 22.4 Å². The molecule has 0 saturated heterocycles. The van der Waals surface area contributed by atoms with Gasteiger partial charge in [0.05, 0.1) is 6.42 Å². The van der Waals surface area contributed by atoms with Gasteiger partial charge in [0.25, 0.3) is 0 Å². The minimum atomic E-state index is -0.932.